The molecule has 0 spiro atoms. The van der Waals surface area contributed by atoms with Crippen LogP contribution in [0.5, 0.6) is 0 Å². The van der Waals surface area contributed by atoms with E-state index in [1.54, 1.807) is 19.2 Å². The summed E-state index contributed by atoms with van der Waals surface area (Å²) in [6.45, 7) is 0.796. The first-order valence-corrected chi connectivity index (χ1v) is 9.42. The number of ether oxygens (including phenoxy) is 1. The molecular formula is C21H20FN3O4. The van der Waals surface area contributed by atoms with Gasteiger partial charge >= 0.3 is 5.69 Å². The van der Waals surface area contributed by atoms with E-state index < -0.39 is 11.2 Å². The number of H-pyrrole nitrogens is 1. The maximum atomic E-state index is 13.3. The van der Waals surface area contributed by atoms with Crippen LogP contribution in [0.15, 0.2) is 40.1 Å². The third-order valence-electron chi connectivity index (χ3n) is 5.37. The van der Waals surface area contributed by atoms with Gasteiger partial charge in [-0.1, -0.05) is 12.1 Å². The molecule has 2 heterocycles. The highest BCUT2D eigenvalue weighted by Crippen LogP contribution is 2.34. The number of hydrogen-bond donors (Lipinski definition) is 1. The van der Waals surface area contributed by atoms with Crippen LogP contribution in [-0.4, -0.2) is 34.0 Å². The molecule has 0 radical (unpaired) electrons. The quantitative estimate of drug-likeness (QED) is 0.666. The summed E-state index contributed by atoms with van der Waals surface area (Å²) < 4.78 is 19.7. The molecule has 1 aliphatic rings. The van der Waals surface area contributed by atoms with E-state index in [1.165, 1.54) is 22.9 Å². The maximum Gasteiger partial charge on any atom is 0.329 e. The number of Topliss-reactive ketones (excluding diaryl/α,β-unsaturated/α-hetero) is 1. The number of ketones is 1. The van der Waals surface area contributed by atoms with Gasteiger partial charge < -0.3 is 4.74 Å². The molecule has 4 rings (SSSR count). The van der Waals surface area contributed by atoms with Gasteiger partial charge in [0, 0.05) is 38.4 Å². The molecule has 3 aromatic rings. The van der Waals surface area contributed by atoms with Gasteiger partial charge in [-0.25, -0.2) is 14.2 Å². The molecule has 0 unspecified atom stereocenters. The normalized spacial score (nSPS) is 16.2. The van der Waals surface area contributed by atoms with E-state index in [0.717, 1.165) is 5.56 Å². The van der Waals surface area contributed by atoms with Crippen molar-refractivity contribution in [2.75, 3.05) is 13.7 Å². The van der Waals surface area contributed by atoms with Gasteiger partial charge in [-0.15, -0.1) is 0 Å². The van der Waals surface area contributed by atoms with Crippen LogP contribution in [0, 0.1) is 5.82 Å². The fraction of sp³-hybridized carbons (Fsp3) is 0.333. The topological polar surface area (TPSA) is 94.1 Å². The second-order valence-corrected chi connectivity index (χ2v) is 7.19. The first kappa shape index (κ1) is 19.2. The van der Waals surface area contributed by atoms with Crippen molar-refractivity contribution in [1.82, 2.24) is 14.5 Å². The Labute approximate surface area is 165 Å². The SMILES string of the molecule is COCCCn1c(=O)[nH]c(=O)c2c3c(cnc21)C(=O)C[C@H](c1ccc(F)cc1)C3. The number of hydrogen-bond acceptors (Lipinski definition) is 5. The number of aromatic amines is 1. The minimum atomic E-state index is -0.551. The fourth-order valence-corrected chi connectivity index (χ4v) is 3.95. The molecule has 1 atom stereocenters. The van der Waals surface area contributed by atoms with Crippen LogP contribution in [0.4, 0.5) is 4.39 Å². The molecule has 0 bridgehead atoms. The Morgan fingerprint density at radius 1 is 1.21 bits per heavy atom. The van der Waals surface area contributed by atoms with Crippen LogP contribution in [-0.2, 0) is 17.7 Å². The molecular weight excluding hydrogens is 377 g/mol. The van der Waals surface area contributed by atoms with Crippen LogP contribution in [0.25, 0.3) is 11.0 Å². The minimum Gasteiger partial charge on any atom is -0.385 e. The molecule has 29 heavy (non-hydrogen) atoms. The van der Waals surface area contributed by atoms with Crippen molar-refractivity contribution in [3.8, 4) is 0 Å². The van der Waals surface area contributed by atoms with E-state index >= 15 is 0 Å². The Hall–Kier alpha value is -3.13. The van der Waals surface area contributed by atoms with E-state index in [4.69, 9.17) is 4.74 Å². The largest absolute Gasteiger partial charge is 0.385 e. The van der Waals surface area contributed by atoms with Gasteiger partial charge in [-0.05, 0) is 42.0 Å². The summed E-state index contributed by atoms with van der Waals surface area (Å²) in [5.74, 6) is -0.636. The summed E-state index contributed by atoms with van der Waals surface area (Å²) in [4.78, 5) is 44.4. The summed E-state index contributed by atoms with van der Waals surface area (Å²) in [7, 11) is 1.57. The van der Waals surface area contributed by atoms with Crippen LogP contribution < -0.4 is 11.2 Å². The Bertz CT molecular complexity index is 1200. The number of aryl methyl sites for hydroxylation is 1. The third-order valence-corrected chi connectivity index (χ3v) is 5.37. The zero-order valence-electron chi connectivity index (χ0n) is 15.9. The Morgan fingerprint density at radius 2 is 1.97 bits per heavy atom. The molecule has 2 aromatic heterocycles. The van der Waals surface area contributed by atoms with E-state index in [-0.39, 0.29) is 35.0 Å². The van der Waals surface area contributed by atoms with E-state index in [2.05, 4.69) is 9.97 Å². The highest BCUT2D eigenvalue weighted by molar-refractivity contribution is 6.02. The van der Waals surface area contributed by atoms with Crippen LogP contribution in [0.3, 0.4) is 0 Å². The summed E-state index contributed by atoms with van der Waals surface area (Å²) in [6, 6.07) is 6.04. The van der Waals surface area contributed by atoms with Crippen molar-refractivity contribution < 1.29 is 13.9 Å². The lowest BCUT2D eigenvalue weighted by Crippen LogP contribution is -2.33. The molecule has 0 amide bonds. The van der Waals surface area contributed by atoms with Crippen LogP contribution in [0.1, 0.15) is 40.2 Å². The van der Waals surface area contributed by atoms with E-state index in [9.17, 15) is 18.8 Å². The van der Waals surface area contributed by atoms with Gasteiger partial charge in [0.1, 0.15) is 11.5 Å². The summed E-state index contributed by atoms with van der Waals surface area (Å²) in [6.07, 6.45) is 2.72. The smallest absolute Gasteiger partial charge is 0.329 e. The molecule has 7 nitrogen and oxygen atoms in total. The molecule has 8 heteroatoms. The predicted octanol–water partition coefficient (Wildman–Crippen LogP) is 2.17. The van der Waals surface area contributed by atoms with E-state index in [0.29, 0.717) is 37.1 Å². The zero-order chi connectivity index (χ0) is 20.5. The van der Waals surface area contributed by atoms with Crippen LogP contribution >= 0.6 is 0 Å². The first-order valence-electron chi connectivity index (χ1n) is 9.42. The summed E-state index contributed by atoms with van der Waals surface area (Å²) in [5.41, 5.74) is 1.00. The van der Waals surface area contributed by atoms with Crippen molar-refractivity contribution in [3.63, 3.8) is 0 Å². The number of nitrogens with zero attached hydrogens (tertiary/aromatic N) is 2. The van der Waals surface area contributed by atoms with Crippen molar-refractivity contribution in [3.05, 3.63) is 73.8 Å². The second kappa shape index (κ2) is 7.71. The Kier molecular flexibility index (Phi) is 5.10. The standard InChI is InChI=1S/C21H20FN3O4/c1-29-8-2-7-25-19-18(20(27)24-21(25)28)15-9-13(10-17(26)16(15)11-23-19)12-3-5-14(22)6-4-12/h3-6,11,13H,2,7-10H2,1H3,(H,24,27,28)/t13-/m1/s1. The summed E-state index contributed by atoms with van der Waals surface area (Å²) in [5, 5.41) is 0.264. The lowest BCUT2D eigenvalue weighted by atomic mass is 9.79. The maximum absolute atomic E-state index is 13.3. The number of halogens is 1. The van der Waals surface area contributed by atoms with Gasteiger partial charge in [0.25, 0.3) is 5.56 Å². The second-order valence-electron chi connectivity index (χ2n) is 7.19. The fourth-order valence-electron chi connectivity index (χ4n) is 3.95. The zero-order valence-corrected chi connectivity index (χ0v) is 15.9. The number of methoxy groups -OCH3 is 1. The highest BCUT2D eigenvalue weighted by Gasteiger charge is 2.30. The average Bonchev–Trinajstić information content (AvgIpc) is 2.70. The van der Waals surface area contributed by atoms with Gasteiger partial charge in [-0.2, -0.15) is 0 Å². The number of rotatable bonds is 5. The van der Waals surface area contributed by atoms with Crippen LogP contribution in [0.2, 0.25) is 0 Å². The number of carbonyl (C=O) groups excluding carboxylic acids is 1. The average molecular weight is 397 g/mol. The van der Waals surface area contributed by atoms with Gasteiger partial charge in [-0.3, -0.25) is 19.1 Å². The molecule has 1 aliphatic carbocycles. The molecule has 0 saturated carbocycles. The van der Waals surface area contributed by atoms with Crippen molar-refractivity contribution >= 4 is 16.8 Å². The van der Waals surface area contributed by atoms with Crippen molar-refractivity contribution in [2.45, 2.75) is 31.7 Å². The molecule has 1 aromatic carbocycles. The first-order chi connectivity index (χ1) is 14.0. The Balaban J connectivity index is 1.85. The van der Waals surface area contributed by atoms with Gasteiger partial charge in [0.2, 0.25) is 0 Å². The van der Waals surface area contributed by atoms with Gasteiger partial charge in [0.15, 0.2) is 5.78 Å². The number of aromatic nitrogens is 3. The highest BCUT2D eigenvalue weighted by atomic mass is 19.1. The third kappa shape index (κ3) is 3.51. The molecule has 0 fully saturated rings. The lowest BCUT2D eigenvalue weighted by molar-refractivity contribution is 0.0964. The number of fused-ring (bicyclic) bond motifs is 3. The predicted molar refractivity (Wildman–Crippen MR) is 105 cm³/mol. The molecule has 0 saturated heterocycles. The Morgan fingerprint density at radius 3 is 2.69 bits per heavy atom. The number of pyridine rings is 1. The minimum absolute atomic E-state index is 0.119. The molecule has 1 N–H and O–H groups in total. The monoisotopic (exact) mass is 397 g/mol. The van der Waals surface area contributed by atoms with E-state index in [1.807, 2.05) is 0 Å². The lowest BCUT2D eigenvalue weighted by Gasteiger charge is -2.25. The number of benzene rings is 1. The van der Waals surface area contributed by atoms with Crippen molar-refractivity contribution in [1.29, 1.82) is 0 Å². The van der Waals surface area contributed by atoms with Gasteiger partial charge in [0.05, 0.1) is 5.39 Å². The number of carbonyl (C=O) groups is 1. The number of nitrogens with one attached hydrogen (secondary N) is 1. The molecule has 0 aliphatic heterocycles. The van der Waals surface area contributed by atoms with Crippen molar-refractivity contribution in [2.24, 2.45) is 0 Å². The molecule has 150 valence electrons. The summed E-state index contributed by atoms with van der Waals surface area (Å²) >= 11 is 0.